The minimum absolute atomic E-state index is 0.00506. The standard InChI is InChI=1S/C17H16ClF3N2O/c1-16(2)9-14(24)22-23(16)15(17(19,20)21)12-7-3-6-11-10(12)5-4-8-13(11)18/h3-8,15H,9H2,1-2H3,(H,22,24). The fourth-order valence-corrected chi connectivity index (χ4v) is 3.45. The van der Waals surface area contributed by atoms with E-state index in [0.717, 1.165) is 5.01 Å². The molecule has 7 heteroatoms. The summed E-state index contributed by atoms with van der Waals surface area (Å²) < 4.78 is 41.8. The molecule has 1 aliphatic rings. The molecule has 1 N–H and O–H groups in total. The molecule has 2 aromatic rings. The van der Waals surface area contributed by atoms with E-state index in [-0.39, 0.29) is 12.0 Å². The van der Waals surface area contributed by atoms with Gasteiger partial charge in [0.2, 0.25) is 5.91 Å². The molecule has 0 spiro atoms. The number of carbonyl (C=O) groups is 1. The Morgan fingerprint density at radius 1 is 1.17 bits per heavy atom. The Bertz CT molecular complexity index is 804. The largest absolute Gasteiger partial charge is 0.409 e. The van der Waals surface area contributed by atoms with Crippen LogP contribution in [-0.2, 0) is 4.79 Å². The monoisotopic (exact) mass is 356 g/mol. The van der Waals surface area contributed by atoms with Crippen LogP contribution in [0.15, 0.2) is 36.4 Å². The molecule has 3 rings (SSSR count). The van der Waals surface area contributed by atoms with E-state index in [9.17, 15) is 18.0 Å². The van der Waals surface area contributed by atoms with E-state index >= 15 is 0 Å². The van der Waals surface area contributed by atoms with E-state index in [0.29, 0.717) is 15.8 Å². The Kier molecular flexibility index (Phi) is 4.00. The molecule has 1 saturated heterocycles. The van der Waals surface area contributed by atoms with Crippen LogP contribution in [0, 0.1) is 0 Å². The molecule has 0 bridgehead atoms. The first-order chi connectivity index (χ1) is 11.1. The zero-order valence-corrected chi connectivity index (χ0v) is 13.9. The van der Waals surface area contributed by atoms with E-state index < -0.39 is 23.7 Å². The summed E-state index contributed by atoms with van der Waals surface area (Å²) in [6.07, 6.45) is -4.56. The van der Waals surface area contributed by atoms with E-state index in [1.165, 1.54) is 6.07 Å². The highest BCUT2D eigenvalue weighted by Gasteiger charge is 2.53. The number of nitrogens with zero attached hydrogens (tertiary/aromatic N) is 1. The molecule has 3 nitrogen and oxygen atoms in total. The summed E-state index contributed by atoms with van der Waals surface area (Å²) >= 11 is 6.12. The average Bonchev–Trinajstić information content (AvgIpc) is 2.71. The van der Waals surface area contributed by atoms with Crippen LogP contribution in [0.25, 0.3) is 10.8 Å². The highest BCUT2D eigenvalue weighted by atomic mass is 35.5. The van der Waals surface area contributed by atoms with Gasteiger partial charge in [-0.1, -0.05) is 41.9 Å². The van der Waals surface area contributed by atoms with Crippen LogP contribution in [0.5, 0.6) is 0 Å². The Balaban J connectivity index is 2.22. The maximum atomic E-state index is 13.9. The van der Waals surface area contributed by atoms with Gasteiger partial charge in [-0.05, 0) is 30.9 Å². The van der Waals surface area contributed by atoms with Crippen LogP contribution in [0.4, 0.5) is 13.2 Å². The van der Waals surface area contributed by atoms with Crippen molar-refractivity contribution in [2.24, 2.45) is 0 Å². The van der Waals surface area contributed by atoms with Gasteiger partial charge < -0.3 is 0 Å². The number of fused-ring (bicyclic) bond motifs is 1. The molecule has 1 heterocycles. The Morgan fingerprint density at radius 3 is 2.38 bits per heavy atom. The van der Waals surface area contributed by atoms with Crippen LogP contribution in [0.1, 0.15) is 31.9 Å². The summed E-state index contributed by atoms with van der Waals surface area (Å²) in [5, 5.41) is 2.36. The lowest BCUT2D eigenvalue weighted by molar-refractivity contribution is -0.203. The molecule has 1 aliphatic heterocycles. The van der Waals surface area contributed by atoms with Crippen molar-refractivity contribution in [3.8, 4) is 0 Å². The molecule has 0 radical (unpaired) electrons. The van der Waals surface area contributed by atoms with E-state index in [1.807, 2.05) is 0 Å². The van der Waals surface area contributed by atoms with Crippen LogP contribution in [-0.4, -0.2) is 22.6 Å². The predicted molar refractivity (Wildman–Crippen MR) is 86.4 cm³/mol. The van der Waals surface area contributed by atoms with Gasteiger partial charge in [0.05, 0.1) is 0 Å². The lowest BCUT2D eigenvalue weighted by atomic mass is 9.94. The summed E-state index contributed by atoms with van der Waals surface area (Å²) in [6.45, 7) is 3.23. The number of amides is 1. The summed E-state index contributed by atoms with van der Waals surface area (Å²) in [6, 6.07) is 7.57. The summed E-state index contributed by atoms with van der Waals surface area (Å²) in [5.74, 6) is -0.424. The maximum absolute atomic E-state index is 13.9. The van der Waals surface area contributed by atoms with Crippen LogP contribution in [0.3, 0.4) is 0 Å². The highest BCUT2D eigenvalue weighted by Crippen LogP contribution is 2.45. The zero-order valence-electron chi connectivity index (χ0n) is 13.1. The van der Waals surface area contributed by atoms with Gasteiger partial charge in [0.25, 0.3) is 0 Å². The van der Waals surface area contributed by atoms with Gasteiger partial charge in [0, 0.05) is 22.4 Å². The highest BCUT2D eigenvalue weighted by molar-refractivity contribution is 6.35. The minimum Gasteiger partial charge on any atom is -0.287 e. The van der Waals surface area contributed by atoms with Crippen molar-refractivity contribution in [2.75, 3.05) is 0 Å². The molecule has 0 saturated carbocycles. The van der Waals surface area contributed by atoms with Crippen molar-refractivity contribution >= 4 is 28.3 Å². The van der Waals surface area contributed by atoms with E-state index in [1.54, 1.807) is 44.2 Å². The first kappa shape index (κ1) is 17.0. The van der Waals surface area contributed by atoms with Gasteiger partial charge in [0.1, 0.15) is 0 Å². The minimum atomic E-state index is -4.56. The molecule has 1 fully saturated rings. The number of rotatable bonds is 2. The molecular weight excluding hydrogens is 341 g/mol. The van der Waals surface area contributed by atoms with Crippen molar-refractivity contribution in [1.29, 1.82) is 0 Å². The number of hydrogen-bond donors (Lipinski definition) is 1. The Morgan fingerprint density at radius 2 is 1.79 bits per heavy atom. The third-order valence-corrected chi connectivity index (χ3v) is 4.59. The lowest BCUT2D eigenvalue weighted by Gasteiger charge is -2.38. The average molecular weight is 357 g/mol. The van der Waals surface area contributed by atoms with Crippen LogP contribution in [0.2, 0.25) is 5.02 Å². The van der Waals surface area contributed by atoms with Gasteiger partial charge in [-0.2, -0.15) is 18.2 Å². The normalized spacial score (nSPS) is 19.5. The molecule has 1 amide bonds. The number of benzene rings is 2. The first-order valence-electron chi connectivity index (χ1n) is 7.44. The Hall–Kier alpha value is -1.79. The fourth-order valence-electron chi connectivity index (χ4n) is 3.21. The second-order valence-electron chi connectivity index (χ2n) is 6.52. The fraction of sp³-hybridized carbons (Fsp3) is 0.353. The number of alkyl halides is 3. The number of carbonyl (C=O) groups excluding carboxylic acids is 1. The predicted octanol–water partition coefficient (Wildman–Crippen LogP) is 4.61. The van der Waals surface area contributed by atoms with Crippen molar-refractivity contribution in [3.63, 3.8) is 0 Å². The molecule has 24 heavy (non-hydrogen) atoms. The molecule has 0 aromatic heterocycles. The molecule has 1 unspecified atom stereocenters. The lowest BCUT2D eigenvalue weighted by Crippen LogP contribution is -2.51. The molecule has 2 aromatic carbocycles. The second-order valence-corrected chi connectivity index (χ2v) is 6.93. The Labute approximate surface area is 142 Å². The number of hydrogen-bond acceptors (Lipinski definition) is 2. The zero-order chi connectivity index (χ0) is 17.7. The number of hydrazine groups is 1. The van der Waals surface area contributed by atoms with Gasteiger partial charge >= 0.3 is 6.18 Å². The van der Waals surface area contributed by atoms with Gasteiger partial charge in [-0.25, -0.2) is 0 Å². The molecule has 0 aliphatic carbocycles. The quantitative estimate of drug-likeness (QED) is 0.852. The third-order valence-electron chi connectivity index (χ3n) is 4.26. The summed E-state index contributed by atoms with van der Waals surface area (Å²) in [5.41, 5.74) is 1.48. The molecule has 128 valence electrons. The van der Waals surface area contributed by atoms with Crippen molar-refractivity contribution in [1.82, 2.24) is 10.4 Å². The third kappa shape index (κ3) is 2.84. The van der Waals surface area contributed by atoms with Gasteiger partial charge in [-0.3, -0.25) is 10.2 Å². The van der Waals surface area contributed by atoms with Crippen molar-refractivity contribution < 1.29 is 18.0 Å². The number of halogens is 4. The maximum Gasteiger partial charge on any atom is 0.409 e. The molecule has 1 atom stereocenters. The second kappa shape index (κ2) is 5.63. The SMILES string of the molecule is CC1(C)CC(=O)NN1C(c1cccc2c(Cl)cccc12)C(F)(F)F. The molecular formula is C17H16ClF3N2O. The number of nitrogens with one attached hydrogen (secondary N) is 1. The van der Waals surface area contributed by atoms with Gasteiger partial charge in [0.15, 0.2) is 6.04 Å². The topological polar surface area (TPSA) is 32.3 Å². The van der Waals surface area contributed by atoms with E-state index in [4.69, 9.17) is 11.6 Å². The van der Waals surface area contributed by atoms with Crippen LogP contribution < -0.4 is 5.43 Å². The first-order valence-corrected chi connectivity index (χ1v) is 7.82. The van der Waals surface area contributed by atoms with Gasteiger partial charge in [-0.15, -0.1) is 0 Å². The smallest absolute Gasteiger partial charge is 0.287 e. The van der Waals surface area contributed by atoms with Crippen molar-refractivity contribution in [3.05, 3.63) is 47.0 Å². The van der Waals surface area contributed by atoms with Crippen molar-refractivity contribution in [2.45, 2.75) is 38.0 Å². The van der Waals surface area contributed by atoms with Crippen LogP contribution >= 0.6 is 11.6 Å². The summed E-state index contributed by atoms with van der Waals surface area (Å²) in [4.78, 5) is 11.7. The van der Waals surface area contributed by atoms with E-state index in [2.05, 4.69) is 5.43 Å². The summed E-state index contributed by atoms with van der Waals surface area (Å²) in [7, 11) is 0.